The molecule has 1 aliphatic rings. The van der Waals surface area contributed by atoms with Crippen LogP contribution in [0.3, 0.4) is 0 Å². The first-order valence-electron chi connectivity index (χ1n) is 3.51. The van der Waals surface area contributed by atoms with Gasteiger partial charge in [-0.2, -0.15) is 0 Å². The van der Waals surface area contributed by atoms with E-state index in [0.717, 1.165) is 0 Å². The van der Waals surface area contributed by atoms with E-state index in [1.165, 1.54) is 0 Å². The number of ether oxygens (including phenoxy) is 1. The normalized spacial score (nSPS) is 49.2. The molecule has 12 heavy (non-hydrogen) atoms. The second-order valence-corrected chi connectivity index (χ2v) is 3.34. The predicted molar refractivity (Wildman–Crippen MR) is 42.7 cm³/mol. The molecule has 0 aromatic heterocycles. The quantitative estimate of drug-likeness (QED) is 0.407. The van der Waals surface area contributed by atoms with Crippen LogP contribution < -0.4 is 0 Å². The average Bonchev–Trinajstić information content (AvgIpc) is 2.08. The zero-order valence-electron chi connectivity index (χ0n) is 6.17. The van der Waals surface area contributed by atoms with Gasteiger partial charge >= 0.3 is 0 Å². The fourth-order valence-electron chi connectivity index (χ4n) is 1.06. The molecule has 0 saturated carbocycles. The summed E-state index contributed by atoms with van der Waals surface area (Å²) in [6, 6.07) is 0. The summed E-state index contributed by atoms with van der Waals surface area (Å²) in [5, 5.41) is 36.7. The standard InChI is InChI=1S/C6H11BrO5/c7-1-2-3(8)4(9)5(10)6(11)12-2/h2-6,8-11H,1H2/t2-,3-,4+,5+,6+/m1/s1. The minimum atomic E-state index is -1.45. The summed E-state index contributed by atoms with van der Waals surface area (Å²) in [6.07, 6.45) is -6.13. The first-order chi connectivity index (χ1) is 5.57. The molecule has 1 aliphatic heterocycles. The van der Waals surface area contributed by atoms with Crippen molar-refractivity contribution in [3.63, 3.8) is 0 Å². The van der Waals surface area contributed by atoms with Gasteiger partial charge < -0.3 is 25.2 Å². The van der Waals surface area contributed by atoms with Crippen LogP contribution in [0.4, 0.5) is 0 Å². The number of hydrogen-bond donors (Lipinski definition) is 4. The molecule has 0 aliphatic carbocycles. The zero-order valence-corrected chi connectivity index (χ0v) is 7.75. The van der Waals surface area contributed by atoms with Crippen LogP contribution in [0.2, 0.25) is 0 Å². The lowest BCUT2D eigenvalue weighted by Crippen LogP contribution is -2.57. The van der Waals surface area contributed by atoms with Crippen LogP contribution in [0.5, 0.6) is 0 Å². The lowest BCUT2D eigenvalue weighted by molar-refractivity contribution is -0.276. The van der Waals surface area contributed by atoms with Gasteiger partial charge in [0.1, 0.15) is 18.3 Å². The second-order valence-electron chi connectivity index (χ2n) is 2.69. The van der Waals surface area contributed by atoms with E-state index in [0.29, 0.717) is 0 Å². The second kappa shape index (κ2) is 3.99. The molecule has 1 rings (SSSR count). The molecule has 0 unspecified atom stereocenters. The SMILES string of the molecule is O[C@@H]1[C@H](O)[C@@H](O)O[C@H](CBr)[C@H]1O. The molecule has 5 atom stereocenters. The lowest BCUT2D eigenvalue weighted by Gasteiger charge is -2.37. The van der Waals surface area contributed by atoms with Gasteiger partial charge in [-0.1, -0.05) is 15.9 Å². The first kappa shape index (κ1) is 10.4. The molecule has 1 fully saturated rings. The van der Waals surface area contributed by atoms with Gasteiger partial charge in [0.15, 0.2) is 6.29 Å². The van der Waals surface area contributed by atoms with Crippen molar-refractivity contribution in [1.82, 2.24) is 0 Å². The molecule has 0 bridgehead atoms. The predicted octanol–water partition coefficient (Wildman–Crippen LogP) is -1.82. The number of alkyl halides is 1. The number of aliphatic hydroxyl groups is 4. The minimum absolute atomic E-state index is 0.287. The van der Waals surface area contributed by atoms with E-state index in [4.69, 9.17) is 20.1 Å². The van der Waals surface area contributed by atoms with E-state index in [-0.39, 0.29) is 5.33 Å². The Morgan fingerprint density at radius 1 is 1.00 bits per heavy atom. The van der Waals surface area contributed by atoms with Crippen molar-refractivity contribution in [2.24, 2.45) is 0 Å². The van der Waals surface area contributed by atoms with Gasteiger partial charge in [-0.15, -0.1) is 0 Å². The third kappa shape index (κ3) is 1.78. The molecule has 0 spiro atoms. The minimum Gasteiger partial charge on any atom is -0.388 e. The van der Waals surface area contributed by atoms with Crippen LogP contribution in [0.1, 0.15) is 0 Å². The highest BCUT2D eigenvalue weighted by atomic mass is 79.9. The van der Waals surface area contributed by atoms with E-state index < -0.39 is 30.7 Å². The maximum absolute atomic E-state index is 9.25. The third-order valence-corrected chi connectivity index (χ3v) is 2.48. The van der Waals surface area contributed by atoms with Crippen LogP contribution in [-0.2, 0) is 4.74 Å². The fourth-order valence-corrected chi connectivity index (χ4v) is 1.59. The summed E-state index contributed by atoms with van der Waals surface area (Å²) in [5.41, 5.74) is 0. The molecule has 0 radical (unpaired) electrons. The Hall–Kier alpha value is 0.280. The molecule has 6 heteroatoms. The maximum atomic E-state index is 9.25. The Morgan fingerprint density at radius 2 is 1.58 bits per heavy atom. The Kier molecular flexibility index (Phi) is 3.45. The Morgan fingerprint density at radius 3 is 2.08 bits per heavy atom. The highest BCUT2D eigenvalue weighted by molar-refractivity contribution is 9.09. The van der Waals surface area contributed by atoms with Crippen LogP contribution >= 0.6 is 15.9 Å². The maximum Gasteiger partial charge on any atom is 0.183 e. The van der Waals surface area contributed by atoms with E-state index in [1.54, 1.807) is 0 Å². The lowest BCUT2D eigenvalue weighted by atomic mass is 10.0. The van der Waals surface area contributed by atoms with Crippen molar-refractivity contribution in [3.05, 3.63) is 0 Å². The molecule has 4 N–H and O–H groups in total. The van der Waals surface area contributed by atoms with Crippen molar-refractivity contribution < 1.29 is 25.2 Å². The van der Waals surface area contributed by atoms with Crippen LogP contribution in [0.15, 0.2) is 0 Å². The molecular formula is C6H11BrO5. The Balaban J connectivity index is 2.63. The van der Waals surface area contributed by atoms with E-state index in [1.807, 2.05) is 0 Å². The smallest absolute Gasteiger partial charge is 0.183 e. The van der Waals surface area contributed by atoms with Crippen molar-refractivity contribution in [3.8, 4) is 0 Å². The van der Waals surface area contributed by atoms with Gasteiger partial charge in [0.05, 0.1) is 6.10 Å². The van der Waals surface area contributed by atoms with Crippen LogP contribution in [-0.4, -0.2) is 56.5 Å². The number of hydrogen-bond acceptors (Lipinski definition) is 5. The summed E-state index contributed by atoms with van der Waals surface area (Å²) >= 11 is 3.04. The van der Waals surface area contributed by atoms with Crippen molar-refractivity contribution in [2.45, 2.75) is 30.7 Å². The van der Waals surface area contributed by atoms with Crippen molar-refractivity contribution in [2.75, 3.05) is 5.33 Å². The van der Waals surface area contributed by atoms with Gasteiger partial charge in [0, 0.05) is 5.33 Å². The molecule has 1 heterocycles. The monoisotopic (exact) mass is 242 g/mol. The topological polar surface area (TPSA) is 90.2 Å². The largest absolute Gasteiger partial charge is 0.388 e. The first-order valence-corrected chi connectivity index (χ1v) is 4.63. The molecule has 0 aromatic carbocycles. The van der Waals surface area contributed by atoms with Crippen LogP contribution in [0.25, 0.3) is 0 Å². The van der Waals surface area contributed by atoms with Crippen molar-refractivity contribution >= 4 is 15.9 Å². The highest BCUT2D eigenvalue weighted by Gasteiger charge is 2.42. The van der Waals surface area contributed by atoms with Gasteiger partial charge in [-0.05, 0) is 0 Å². The fraction of sp³-hybridized carbons (Fsp3) is 1.00. The Bertz CT molecular complexity index is 150. The van der Waals surface area contributed by atoms with Gasteiger partial charge in [0.25, 0.3) is 0 Å². The Labute approximate surface area is 77.7 Å². The summed E-state index contributed by atoms with van der Waals surface area (Å²) in [5.74, 6) is 0. The van der Waals surface area contributed by atoms with Gasteiger partial charge in [-0.3, -0.25) is 0 Å². The molecule has 1 saturated heterocycles. The summed E-state index contributed by atoms with van der Waals surface area (Å²) < 4.78 is 4.78. The highest BCUT2D eigenvalue weighted by Crippen LogP contribution is 2.20. The molecule has 0 aromatic rings. The number of halogens is 1. The van der Waals surface area contributed by atoms with Gasteiger partial charge in [-0.25, -0.2) is 0 Å². The molecule has 72 valence electrons. The van der Waals surface area contributed by atoms with Gasteiger partial charge in [0.2, 0.25) is 0 Å². The van der Waals surface area contributed by atoms with E-state index >= 15 is 0 Å². The number of rotatable bonds is 1. The average molecular weight is 243 g/mol. The third-order valence-electron chi connectivity index (χ3n) is 1.84. The molecular weight excluding hydrogens is 232 g/mol. The van der Waals surface area contributed by atoms with E-state index in [9.17, 15) is 5.11 Å². The molecule has 5 nitrogen and oxygen atoms in total. The van der Waals surface area contributed by atoms with Crippen molar-refractivity contribution in [1.29, 1.82) is 0 Å². The van der Waals surface area contributed by atoms with E-state index in [2.05, 4.69) is 15.9 Å². The summed E-state index contributed by atoms with van der Waals surface area (Å²) in [7, 11) is 0. The molecule has 0 amide bonds. The zero-order chi connectivity index (χ0) is 9.30. The van der Waals surface area contributed by atoms with Crippen LogP contribution in [0, 0.1) is 0 Å². The summed E-state index contributed by atoms with van der Waals surface area (Å²) in [4.78, 5) is 0. The number of aliphatic hydroxyl groups excluding tert-OH is 4. The summed E-state index contributed by atoms with van der Waals surface area (Å²) in [6.45, 7) is 0.